The van der Waals surface area contributed by atoms with E-state index >= 15 is 0 Å². The Bertz CT molecular complexity index is 571. The Morgan fingerprint density at radius 2 is 1.50 bits per heavy atom. The summed E-state index contributed by atoms with van der Waals surface area (Å²) in [6, 6.07) is 7.39. The van der Waals surface area contributed by atoms with Gasteiger partial charge in [-0.15, -0.1) is 0 Å². The zero-order valence-electron chi connectivity index (χ0n) is 16.6. The van der Waals surface area contributed by atoms with Gasteiger partial charge in [-0.1, -0.05) is 64.0 Å². The molecule has 1 heteroatoms. The Balaban J connectivity index is 1.24. The summed E-state index contributed by atoms with van der Waals surface area (Å²) in [6.07, 6.45) is 17.3. The Morgan fingerprint density at radius 3 is 2.31 bits per heavy atom. The van der Waals surface area contributed by atoms with Gasteiger partial charge in [0.1, 0.15) is 5.82 Å². The third-order valence-electron chi connectivity index (χ3n) is 8.16. The van der Waals surface area contributed by atoms with Crippen molar-refractivity contribution in [2.75, 3.05) is 0 Å². The molecule has 4 rings (SSSR count). The summed E-state index contributed by atoms with van der Waals surface area (Å²) in [5.74, 6) is 5.43. The first-order valence-corrected chi connectivity index (χ1v) is 11.4. The van der Waals surface area contributed by atoms with Crippen LogP contribution in [0, 0.1) is 35.4 Å². The van der Waals surface area contributed by atoms with Crippen LogP contribution in [0.1, 0.15) is 95.5 Å². The van der Waals surface area contributed by atoms with Crippen molar-refractivity contribution in [1.82, 2.24) is 0 Å². The van der Waals surface area contributed by atoms with Gasteiger partial charge in [0, 0.05) is 0 Å². The lowest BCUT2D eigenvalue weighted by molar-refractivity contribution is 0.109. The van der Waals surface area contributed by atoms with Gasteiger partial charge in [0.25, 0.3) is 0 Å². The van der Waals surface area contributed by atoms with Gasteiger partial charge in [-0.25, -0.2) is 4.39 Å². The highest BCUT2D eigenvalue weighted by Gasteiger charge is 2.36. The molecule has 3 aliphatic carbocycles. The standard InChI is InChI=1S/C25H37F/c1-18-5-7-19(8-6-18)9-10-20-11-12-23-16-24(14-13-22(23)15-20)21-3-2-4-25(26)17-21/h2-4,17-20,22-24H,5-16H2,1H3. The molecule has 4 atom stereocenters. The number of halogens is 1. The van der Waals surface area contributed by atoms with Crippen LogP contribution in [-0.4, -0.2) is 0 Å². The fourth-order valence-corrected chi connectivity index (χ4v) is 6.40. The third kappa shape index (κ3) is 4.52. The molecule has 0 aromatic heterocycles. The van der Waals surface area contributed by atoms with Gasteiger partial charge in [-0.2, -0.15) is 0 Å². The van der Waals surface area contributed by atoms with Crippen molar-refractivity contribution in [1.29, 1.82) is 0 Å². The molecule has 144 valence electrons. The highest BCUT2D eigenvalue weighted by molar-refractivity contribution is 5.21. The first-order chi connectivity index (χ1) is 12.7. The fourth-order valence-electron chi connectivity index (χ4n) is 6.40. The Morgan fingerprint density at radius 1 is 0.808 bits per heavy atom. The first kappa shape index (κ1) is 18.5. The van der Waals surface area contributed by atoms with Gasteiger partial charge >= 0.3 is 0 Å². The van der Waals surface area contributed by atoms with E-state index in [4.69, 9.17) is 0 Å². The Hall–Kier alpha value is -0.850. The van der Waals surface area contributed by atoms with E-state index in [2.05, 4.69) is 13.0 Å². The second-order valence-electron chi connectivity index (χ2n) is 9.97. The fraction of sp³-hybridized carbons (Fsp3) is 0.760. The number of hydrogen-bond donors (Lipinski definition) is 0. The molecule has 0 aliphatic heterocycles. The van der Waals surface area contributed by atoms with Crippen molar-refractivity contribution >= 4 is 0 Å². The van der Waals surface area contributed by atoms with Crippen LogP contribution in [0.15, 0.2) is 24.3 Å². The largest absolute Gasteiger partial charge is 0.207 e. The number of rotatable bonds is 4. The van der Waals surface area contributed by atoms with Gasteiger partial charge in [0.15, 0.2) is 0 Å². The average molecular weight is 357 g/mol. The molecule has 3 saturated carbocycles. The number of hydrogen-bond acceptors (Lipinski definition) is 0. The zero-order valence-corrected chi connectivity index (χ0v) is 16.6. The Kier molecular flexibility index (Phi) is 6.01. The highest BCUT2D eigenvalue weighted by atomic mass is 19.1. The molecular formula is C25H37F. The normalized spacial score (nSPS) is 37.9. The molecule has 0 nitrogen and oxygen atoms in total. The van der Waals surface area contributed by atoms with E-state index in [1.165, 1.54) is 82.6 Å². The third-order valence-corrected chi connectivity index (χ3v) is 8.16. The van der Waals surface area contributed by atoms with Gasteiger partial charge in [-0.3, -0.25) is 0 Å². The lowest BCUT2D eigenvalue weighted by Crippen LogP contribution is -2.30. The molecule has 0 spiro atoms. The van der Waals surface area contributed by atoms with Crippen molar-refractivity contribution in [2.24, 2.45) is 29.6 Å². The maximum Gasteiger partial charge on any atom is 0.123 e. The van der Waals surface area contributed by atoms with Crippen molar-refractivity contribution in [2.45, 2.75) is 89.9 Å². The number of benzene rings is 1. The van der Waals surface area contributed by atoms with Crippen LogP contribution in [0.2, 0.25) is 0 Å². The van der Waals surface area contributed by atoms with Crippen LogP contribution in [0.3, 0.4) is 0 Å². The summed E-state index contributed by atoms with van der Waals surface area (Å²) >= 11 is 0. The van der Waals surface area contributed by atoms with Crippen LogP contribution in [-0.2, 0) is 0 Å². The summed E-state index contributed by atoms with van der Waals surface area (Å²) in [7, 11) is 0. The van der Waals surface area contributed by atoms with Crippen LogP contribution < -0.4 is 0 Å². The summed E-state index contributed by atoms with van der Waals surface area (Å²) < 4.78 is 13.6. The smallest absolute Gasteiger partial charge is 0.123 e. The average Bonchev–Trinajstić information content (AvgIpc) is 2.67. The minimum absolute atomic E-state index is 0.0644. The van der Waals surface area contributed by atoms with Crippen LogP contribution >= 0.6 is 0 Å². The summed E-state index contributed by atoms with van der Waals surface area (Å²) in [5.41, 5.74) is 1.25. The molecule has 3 fully saturated rings. The van der Waals surface area contributed by atoms with E-state index in [0.29, 0.717) is 5.92 Å². The monoisotopic (exact) mass is 356 g/mol. The number of fused-ring (bicyclic) bond motifs is 1. The van der Waals surface area contributed by atoms with Crippen LogP contribution in [0.25, 0.3) is 0 Å². The molecule has 0 N–H and O–H groups in total. The predicted octanol–water partition coefficient (Wildman–Crippen LogP) is 7.73. The van der Waals surface area contributed by atoms with E-state index in [0.717, 1.165) is 29.6 Å². The molecule has 0 saturated heterocycles. The van der Waals surface area contributed by atoms with Gasteiger partial charge in [-0.05, 0) is 85.3 Å². The van der Waals surface area contributed by atoms with Gasteiger partial charge in [0.2, 0.25) is 0 Å². The van der Waals surface area contributed by atoms with E-state index < -0.39 is 0 Å². The molecule has 0 amide bonds. The molecule has 1 aromatic carbocycles. The molecule has 3 aliphatic rings. The molecule has 0 radical (unpaired) electrons. The van der Waals surface area contributed by atoms with E-state index in [-0.39, 0.29) is 5.82 Å². The second kappa shape index (κ2) is 8.44. The molecule has 1 aromatic rings. The van der Waals surface area contributed by atoms with Crippen LogP contribution in [0.4, 0.5) is 4.39 Å². The maximum absolute atomic E-state index is 13.6. The van der Waals surface area contributed by atoms with Crippen molar-refractivity contribution in [3.8, 4) is 0 Å². The maximum atomic E-state index is 13.6. The molecular weight excluding hydrogens is 319 g/mol. The molecule has 4 unspecified atom stereocenters. The second-order valence-corrected chi connectivity index (χ2v) is 9.97. The molecule has 26 heavy (non-hydrogen) atoms. The summed E-state index contributed by atoms with van der Waals surface area (Å²) in [5, 5.41) is 0. The Labute approximate surface area is 160 Å². The molecule has 0 bridgehead atoms. The van der Waals surface area contributed by atoms with E-state index in [1.807, 2.05) is 6.07 Å². The first-order valence-electron chi connectivity index (χ1n) is 11.4. The summed E-state index contributed by atoms with van der Waals surface area (Å²) in [6.45, 7) is 2.43. The van der Waals surface area contributed by atoms with Crippen molar-refractivity contribution in [3.05, 3.63) is 35.6 Å². The SMILES string of the molecule is CC1CCC(CCC2CCC3CC(c4cccc(F)c4)CCC3C2)CC1. The van der Waals surface area contributed by atoms with E-state index in [9.17, 15) is 4.39 Å². The lowest BCUT2D eigenvalue weighted by Gasteiger charge is -2.42. The minimum Gasteiger partial charge on any atom is -0.207 e. The highest BCUT2D eigenvalue weighted by Crippen LogP contribution is 2.48. The topological polar surface area (TPSA) is 0 Å². The zero-order chi connectivity index (χ0) is 17.9. The lowest BCUT2D eigenvalue weighted by atomic mass is 9.63. The minimum atomic E-state index is -0.0644. The van der Waals surface area contributed by atoms with Crippen molar-refractivity contribution < 1.29 is 4.39 Å². The van der Waals surface area contributed by atoms with Crippen LogP contribution in [0.5, 0.6) is 0 Å². The quantitative estimate of drug-likeness (QED) is 0.517. The molecule has 0 heterocycles. The van der Waals surface area contributed by atoms with Gasteiger partial charge < -0.3 is 0 Å². The van der Waals surface area contributed by atoms with Crippen molar-refractivity contribution in [3.63, 3.8) is 0 Å². The van der Waals surface area contributed by atoms with Gasteiger partial charge in [0.05, 0.1) is 0 Å². The summed E-state index contributed by atoms with van der Waals surface area (Å²) in [4.78, 5) is 0. The predicted molar refractivity (Wildman–Crippen MR) is 108 cm³/mol. The van der Waals surface area contributed by atoms with E-state index in [1.54, 1.807) is 12.1 Å².